The fourth-order valence-electron chi connectivity index (χ4n) is 3.74. The Morgan fingerprint density at radius 2 is 2.03 bits per heavy atom. The van der Waals surface area contributed by atoms with Gasteiger partial charge in [0.2, 0.25) is 5.88 Å². The number of rotatable bonds is 5. The molecule has 2 N–H and O–H groups in total. The number of amides is 2. The van der Waals surface area contributed by atoms with Crippen LogP contribution in [0.3, 0.4) is 0 Å². The Labute approximate surface area is 204 Å². The lowest BCUT2D eigenvalue weighted by atomic mass is 9.99. The molecule has 1 aromatic carbocycles. The Balaban J connectivity index is 1.94. The molecular formula is C26H30FN3O5. The van der Waals surface area contributed by atoms with Crippen molar-refractivity contribution in [1.82, 2.24) is 14.8 Å². The first kappa shape index (κ1) is 26.1. The maximum absolute atomic E-state index is 13.4. The van der Waals surface area contributed by atoms with Gasteiger partial charge in [-0.1, -0.05) is 18.8 Å². The lowest BCUT2D eigenvalue weighted by Gasteiger charge is -2.37. The average molecular weight is 484 g/mol. The summed E-state index contributed by atoms with van der Waals surface area (Å²) in [6.07, 6.45) is 0.0960. The van der Waals surface area contributed by atoms with Gasteiger partial charge in [-0.2, -0.15) is 0 Å². The summed E-state index contributed by atoms with van der Waals surface area (Å²) < 4.78 is 19.4. The van der Waals surface area contributed by atoms with Crippen LogP contribution in [0.25, 0.3) is 0 Å². The van der Waals surface area contributed by atoms with Crippen LogP contribution in [0.5, 0.6) is 5.88 Å². The van der Waals surface area contributed by atoms with Gasteiger partial charge in [-0.25, -0.2) is 9.37 Å². The zero-order chi connectivity index (χ0) is 25.7. The number of carbonyl (C=O) groups is 2. The Morgan fingerprint density at radius 3 is 2.66 bits per heavy atom. The van der Waals surface area contributed by atoms with E-state index < -0.39 is 24.1 Å². The van der Waals surface area contributed by atoms with Gasteiger partial charge in [0.15, 0.2) is 0 Å². The van der Waals surface area contributed by atoms with Gasteiger partial charge < -0.3 is 24.7 Å². The highest BCUT2D eigenvalue weighted by atomic mass is 19.1. The van der Waals surface area contributed by atoms with Crippen LogP contribution in [0.1, 0.15) is 47.1 Å². The first-order valence-electron chi connectivity index (χ1n) is 11.4. The molecule has 2 aromatic rings. The summed E-state index contributed by atoms with van der Waals surface area (Å²) in [4.78, 5) is 33.6. The summed E-state index contributed by atoms with van der Waals surface area (Å²) in [7, 11) is 1.63. The molecule has 9 heteroatoms. The van der Waals surface area contributed by atoms with Crippen LogP contribution in [0.2, 0.25) is 0 Å². The summed E-state index contributed by atoms with van der Waals surface area (Å²) in [5.41, 5.74) is 0.969. The third-order valence-electron chi connectivity index (χ3n) is 5.84. The maximum atomic E-state index is 13.4. The van der Waals surface area contributed by atoms with Gasteiger partial charge in [0, 0.05) is 36.8 Å². The van der Waals surface area contributed by atoms with Crippen molar-refractivity contribution in [2.45, 2.75) is 39.0 Å². The molecule has 1 aliphatic heterocycles. The van der Waals surface area contributed by atoms with Crippen LogP contribution in [0, 0.1) is 23.6 Å². The van der Waals surface area contributed by atoms with E-state index in [1.54, 1.807) is 24.9 Å². The minimum Gasteiger partial charge on any atom is -0.472 e. The SMILES string of the molecule is C[C@H](O)C#Cc1cnc2c(c1)C(=O)N([C@@H](C)CO)C[C@H](C)[C@@H](CN(C)C(=O)c1ccc(F)cc1)O2. The second kappa shape index (κ2) is 11.3. The van der Waals surface area contributed by atoms with Crippen LogP contribution in [0.4, 0.5) is 4.39 Å². The number of hydrogen-bond donors (Lipinski definition) is 2. The molecule has 0 radical (unpaired) electrons. The quantitative estimate of drug-likeness (QED) is 0.631. The Morgan fingerprint density at radius 1 is 1.34 bits per heavy atom. The van der Waals surface area contributed by atoms with Crippen LogP contribution in [-0.2, 0) is 0 Å². The van der Waals surface area contributed by atoms with Gasteiger partial charge in [0.05, 0.1) is 19.2 Å². The number of aliphatic hydroxyl groups is 2. The zero-order valence-electron chi connectivity index (χ0n) is 20.2. The predicted octanol–water partition coefficient (Wildman–Crippen LogP) is 1.95. The lowest BCUT2D eigenvalue weighted by molar-refractivity contribution is 0.0313. The number of ether oxygens (including phenoxy) is 1. The van der Waals surface area contributed by atoms with Crippen LogP contribution >= 0.6 is 0 Å². The van der Waals surface area contributed by atoms with E-state index >= 15 is 0 Å². The zero-order valence-corrected chi connectivity index (χ0v) is 20.2. The standard InChI is InChI=1S/C26H30FN3O5/c1-16-13-30(17(2)15-31)26(34)22-11-19(6-5-18(3)32)12-28-24(22)35-23(16)14-29(4)25(33)20-7-9-21(27)10-8-20/h7-12,16-18,23,31-32H,13-15H2,1-4H3/t16-,17-,18-,23+/m0/s1. The number of pyridine rings is 1. The molecule has 8 nitrogen and oxygen atoms in total. The van der Waals surface area contributed by atoms with Crippen LogP contribution in [-0.4, -0.2) is 81.8 Å². The summed E-state index contributed by atoms with van der Waals surface area (Å²) >= 11 is 0. The van der Waals surface area contributed by atoms with Crippen molar-refractivity contribution in [3.63, 3.8) is 0 Å². The summed E-state index contributed by atoms with van der Waals surface area (Å²) in [5.74, 6) is 4.23. The first-order valence-corrected chi connectivity index (χ1v) is 11.4. The topological polar surface area (TPSA) is 103 Å². The van der Waals surface area contributed by atoms with Gasteiger partial charge in [-0.05, 0) is 44.2 Å². The molecule has 3 rings (SSSR count). The molecule has 0 saturated heterocycles. The molecule has 1 aliphatic rings. The highest BCUT2D eigenvalue weighted by Crippen LogP contribution is 2.27. The van der Waals surface area contributed by atoms with E-state index in [1.807, 2.05) is 6.92 Å². The number of carbonyl (C=O) groups excluding carboxylic acids is 2. The number of halogens is 1. The van der Waals surface area contributed by atoms with Crippen molar-refractivity contribution in [2.75, 3.05) is 26.7 Å². The molecular weight excluding hydrogens is 453 g/mol. The Bertz CT molecular complexity index is 1130. The molecule has 186 valence electrons. The van der Waals surface area contributed by atoms with Crippen molar-refractivity contribution in [3.05, 3.63) is 59.0 Å². The van der Waals surface area contributed by atoms with E-state index in [0.29, 0.717) is 11.1 Å². The van der Waals surface area contributed by atoms with Crippen molar-refractivity contribution in [2.24, 2.45) is 5.92 Å². The van der Waals surface area contributed by atoms with E-state index in [2.05, 4.69) is 16.8 Å². The van der Waals surface area contributed by atoms with E-state index in [-0.39, 0.29) is 48.9 Å². The van der Waals surface area contributed by atoms with Crippen molar-refractivity contribution >= 4 is 11.8 Å². The lowest BCUT2D eigenvalue weighted by Crippen LogP contribution is -2.50. The minimum atomic E-state index is -0.839. The number of nitrogens with zero attached hydrogens (tertiary/aromatic N) is 3. The molecule has 0 fully saturated rings. The summed E-state index contributed by atoms with van der Waals surface area (Å²) in [5, 5.41) is 19.2. The van der Waals surface area contributed by atoms with Crippen LogP contribution in [0.15, 0.2) is 36.5 Å². The molecule has 1 aromatic heterocycles. The number of benzene rings is 1. The van der Waals surface area contributed by atoms with Crippen molar-refractivity contribution in [3.8, 4) is 17.7 Å². The predicted molar refractivity (Wildman–Crippen MR) is 127 cm³/mol. The molecule has 0 saturated carbocycles. The molecule has 35 heavy (non-hydrogen) atoms. The summed E-state index contributed by atoms with van der Waals surface area (Å²) in [6, 6.07) is 6.40. The number of likely N-dealkylation sites (N-methyl/N-ethyl adjacent to an activating group) is 1. The normalized spacial score (nSPS) is 19.3. The molecule has 0 spiro atoms. The number of aliphatic hydroxyl groups excluding tert-OH is 2. The van der Waals surface area contributed by atoms with Crippen molar-refractivity contribution in [1.29, 1.82) is 0 Å². The van der Waals surface area contributed by atoms with Gasteiger partial charge in [0.1, 0.15) is 23.6 Å². The fraction of sp³-hybridized carbons (Fsp3) is 0.423. The number of fused-ring (bicyclic) bond motifs is 1. The van der Waals surface area contributed by atoms with Crippen molar-refractivity contribution < 1.29 is 28.9 Å². The Hall–Kier alpha value is -3.48. The monoisotopic (exact) mass is 483 g/mol. The van der Waals surface area contributed by atoms with E-state index in [0.717, 1.165) is 0 Å². The van der Waals surface area contributed by atoms with E-state index in [9.17, 15) is 24.2 Å². The molecule has 2 amide bonds. The third-order valence-corrected chi connectivity index (χ3v) is 5.84. The first-order chi connectivity index (χ1) is 16.6. The van der Waals surface area contributed by atoms with E-state index in [1.165, 1.54) is 42.3 Å². The van der Waals surface area contributed by atoms with Gasteiger partial charge in [0.25, 0.3) is 11.8 Å². The maximum Gasteiger partial charge on any atom is 0.259 e. The molecule has 2 heterocycles. The van der Waals surface area contributed by atoms with Crippen LogP contribution < -0.4 is 4.74 Å². The van der Waals surface area contributed by atoms with Gasteiger partial charge in [-0.15, -0.1) is 0 Å². The fourth-order valence-corrected chi connectivity index (χ4v) is 3.74. The van der Waals surface area contributed by atoms with Gasteiger partial charge >= 0.3 is 0 Å². The highest BCUT2D eigenvalue weighted by Gasteiger charge is 2.34. The highest BCUT2D eigenvalue weighted by molar-refractivity contribution is 5.97. The second-order valence-corrected chi connectivity index (χ2v) is 8.84. The molecule has 0 aliphatic carbocycles. The second-order valence-electron chi connectivity index (χ2n) is 8.84. The molecule has 0 bridgehead atoms. The van der Waals surface area contributed by atoms with E-state index in [4.69, 9.17) is 4.74 Å². The Kier molecular flexibility index (Phi) is 8.43. The minimum absolute atomic E-state index is 0.104. The summed E-state index contributed by atoms with van der Waals surface area (Å²) in [6.45, 7) is 5.43. The largest absolute Gasteiger partial charge is 0.472 e. The number of aromatic nitrogens is 1. The average Bonchev–Trinajstić information content (AvgIpc) is 2.84. The smallest absolute Gasteiger partial charge is 0.259 e. The number of hydrogen-bond acceptors (Lipinski definition) is 6. The van der Waals surface area contributed by atoms with Gasteiger partial charge in [-0.3, -0.25) is 9.59 Å². The molecule has 0 unspecified atom stereocenters. The third kappa shape index (κ3) is 6.35. The molecule has 4 atom stereocenters.